The highest BCUT2D eigenvalue weighted by Crippen LogP contribution is 2.20. The van der Waals surface area contributed by atoms with Gasteiger partial charge >= 0.3 is 0 Å². The van der Waals surface area contributed by atoms with Crippen molar-refractivity contribution in [1.29, 1.82) is 0 Å². The van der Waals surface area contributed by atoms with Gasteiger partial charge < -0.3 is 15.0 Å². The third-order valence-corrected chi connectivity index (χ3v) is 3.44. The molecular weight excluding hydrogens is 242 g/mol. The van der Waals surface area contributed by atoms with Crippen molar-refractivity contribution in [3.8, 4) is 5.75 Å². The molecule has 1 atom stereocenters. The molecule has 1 fully saturated rings. The summed E-state index contributed by atoms with van der Waals surface area (Å²) < 4.78 is 5.21. The Morgan fingerprint density at radius 2 is 2.47 bits per heavy atom. The highest BCUT2D eigenvalue weighted by molar-refractivity contribution is 5.96. The maximum atomic E-state index is 12.5. The normalized spacial score (nSPS) is 19.3. The van der Waals surface area contributed by atoms with Crippen molar-refractivity contribution in [2.24, 2.45) is 0 Å². The molecule has 1 N–H and O–H groups in total. The molecule has 0 radical (unpaired) electrons. The Balaban J connectivity index is 2.10. The Morgan fingerprint density at radius 3 is 3.21 bits per heavy atom. The van der Waals surface area contributed by atoms with E-state index in [2.05, 4.69) is 17.2 Å². The smallest absolute Gasteiger partial charge is 0.257 e. The summed E-state index contributed by atoms with van der Waals surface area (Å²) in [6.07, 6.45) is 5.38. The molecule has 1 saturated heterocycles. The van der Waals surface area contributed by atoms with E-state index in [0.29, 0.717) is 17.4 Å². The third kappa shape index (κ3) is 3.23. The van der Waals surface area contributed by atoms with Crippen molar-refractivity contribution < 1.29 is 9.53 Å². The molecule has 0 aliphatic carbocycles. The number of amides is 1. The second kappa shape index (κ2) is 6.52. The first-order chi connectivity index (χ1) is 9.26. The number of methoxy groups -OCH3 is 1. The molecule has 1 unspecified atom stereocenters. The lowest BCUT2D eigenvalue weighted by Crippen LogP contribution is -2.48. The van der Waals surface area contributed by atoms with Crippen LogP contribution < -0.4 is 10.1 Å². The fourth-order valence-corrected chi connectivity index (χ4v) is 2.51. The summed E-state index contributed by atoms with van der Waals surface area (Å²) in [7, 11) is 1.56. The van der Waals surface area contributed by atoms with Crippen LogP contribution in [-0.4, -0.2) is 48.6 Å². The Morgan fingerprint density at radius 1 is 1.63 bits per heavy atom. The first-order valence-electron chi connectivity index (χ1n) is 6.77. The Hall–Kier alpha value is -1.62. The van der Waals surface area contributed by atoms with Gasteiger partial charge in [-0.3, -0.25) is 9.78 Å². The number of carbonyl (C=O) groups is 1. The number of aromatic nitrogens is 1. The van der Waals surface area contributed by atoms with Gasteiger partial charge in [0.25, 0.3) is 5.91 Å². The van der Waals surface area contributed by atoms with Crippen LogP contribution in [0, 0.1) is 0 Å². The van der Waals surface area contributed by atoms with Gasteiger partial charge in [-0.05, 0) is 25.5 Å². The van der Waals surface area contributed by atoms with Crippen LogP contribution in [-0.2, 0) is 0 Å². The van der Waals surface area contributed by atoms with E-state index in [-0.39, 0.29) is 5.91 Å². The predicted molar refractivity (Wildman–Crippen MR) is 73.4 cm³/mol. The molecule has 0 saturated carbocycles. The number of nitrogens with one attached hydrogen (secondary N) is 1. The second-order valence-electron chi connectivity index (χ2n) is 4.72. The third-order valence-electron chi connectivity index (χ3n) is 3.44. The van der Waals surface area contributed by atoms with Crippen LogP contribution in [0.2, 0.25) is 0 Å². The lowest BCUT2D eigenvalue weighted by Gasteiger charge is -2.33. The van der Waals surface area contributed by atoms with Crippen molar-refractivity contribution in [1.82, 2.24) is 15.2 Å². The summed E-state index contributed by atoms with van der Waals surface area (Å²) in [5.41, 5.74) is 0.592. The molecule has 1 aliphatic heterocycles. The lowest BCUT2D eigenvalue weighted by molar-refractivity contribution is 0.0692. The molecule has 1 aromatic rings. The van der Waals surface area contributed by atoms with E-state index in [4.69, 9.17) is 4.74 Å². The van der Waals surface area contributed by atoms with Crippen LogP contribution in [0.3, 0.4) is 0 Å². The number of hydrogen-bond donors (Lipinski definition) is 1. The number of pyridine rings is 1. The van der Waals surface area contributed by atoms with E-state index < -0.39 is 0 Å². The van der Waals surface area contributed by atoms with E-state index in [1.165, 1.54) is 0 Å². The first-order valence-corrected chi connectivity index (χ1v) is 6.77. The summed E-state index contributed by atoms with van der Waals surface area (Å²) in [6.45, 7) is 4.60. The highest BCUT2D eigenvalue weighted by Gasteiger charge is 2.25. The number of likely N-dealkylation sites (tertiary alicyclic amines) is 1. The molecule has 19 heavy (non-hydrogen) atoms. The number of carbonyl (C=O) groups excluding carboxylic acids is 1. The summed E-state index contributed by atoms with van der Waals surface area (Å²) in [5, 5.41) is 3.41. The molecule has 5 heteroatoms. The Bertz CT molecular complexity index is 434. The van der Waals surface area contributed by atoms with Gasteiger partial charge in [0, 0.05) is 25.3 Å². The Kier molecular flexibility index (Phi) is 4.74. The molecule has 1 amide bonds. The number of ether oxygens (including phenoxy) is 1. The molecule has 0 bridgehead atoms. The molecule has 0 spiro atoms. The van der Waals surface area contributed by atoms with Crippen molar-refractivity contribution in [3.63, 3.8) is 0 Å². The van der Waals surface area contributed by atoms with Gasteiger partial charge in [0.05, 0.1) is 18.9 Å². The van der Waals surface area contributed by atoms with Gasteiger partial charge in [-0.15, -0.1) is 0 Å². The minimum Gasteiger partial charge on any atom is -0.494 e. The van der Waals surface area contributed by atoms with Crippen molar-refractivity contribution in [2.45, 2.75) is 25.8 Å². The summed E-state index contributed by atoms with van der Waals surface area (Å²) in [6, 6.07) is 2.12. The molecule has 2 rings (SSSR count). The van der Waals surface area contributed by atoms with Crippen LogP contribution >= 0.6 is 0 Å². The fraction of sp³-hybridized carbons (Fsp3) is 0.571. The van der Waals surface area contributed by atoms with Crippen molar-refractivity contribution in [3.05, 3.63) is 24.0 Å². The van der Waals surface area contributed by atoms with Gasteiger partial charge in [-0.2, -0.15) is 0 Å². The van der Waals surface area contributed by atoms with Crippen LogP contribution in [0.1, 0.15) is 30.1 Å². The summed E-state index contributed by atoms with van der Waals surface area (Å²) >= 11 is 0. The number of rotatable bonds is 4. The largest absolute Gasteiger partial charge is 0.494 e. The zero-order valence-corrected chi connectivity index (χ0v) is 11.6. The standard InChI is InChI=1S/C14H21N3O2/c1-3-16-11-5-4-8-17(10-11)14(18)12-6-7-15-9-13(12)19-2/h6-7,9,11,16H,3-5,8,10H2,1-2H3. The predicted octanol–water partition coefficient (Wildman–Crippen LogP) is 1.30. The minimum absolute atomic E-state index is 0.0295. The van der Waals surface area contributed by atoms with Crippen LogP contribution in [0.5, 0.6) is 5.75 Å². The zero-order valence-electron chi connectivity index (χ0n) is 11.6. The van der Waals surface area contributed by atoms with Gasteiger partial charge in [-0.25, -0.2) is 0 Å². The molecule has 2 heterocycles. The molecule has 5 nitrogen and oxygen atoms in total. The quantitative estimate of drug-likeness (QED) is 0.889. The number of nitrogens with zero attached hydrogens (tertiary/aromatic N) is 2. The maximum absolute atomic E-state index is 12.5. The Labute approximate surface area is 114 Å². The van der Waals surface area contributed by atoms with Crippen LogP contribution in [0.25, 0.3) is 0 Å². The average molecular weight is 263 g/mol. The van der Waals surface area contributed by atoms with Crippen LogP contribution in [0.4, 0.5) is 0 Å². The zero-order chi connectivity index (χ0) is 13.7. The van der Waals surface area contributed by atoms with Gasteiger partial charge in [0.1, 0.15) is 5.75 Å². The summed E-state index contributed by atoms with van der Waals surface area (Å²) in [5.74, 6) is 0.569. The van der Waals surface area contributed by atoms with Gasteiger partial charge in [0.15, 0.2) is 0 Å². The number of hydrogen-bond acceptors (Lipinski definition) is 4. The monoisotopic (exact) mass is 263 g/mol. The van der Waals surface area contributed by atoms with Crippen molar-refractivity contribution >= 4 is 5.91 Å². The first kappa shape index (κ1) is 13.8. The number of likely N-dealkylation sites (N-methyl/N-ethyl adjacent to an activating group) is 1. The molecular formula is C14H21N3O2. The van der Waals surface area contributed by atoms with E-state index in [0.717, 1.165) is 32.5 Å². The SMILES string of the molecule is CCNC1CCCN(C(=O)c2ccncc2OC)C1. The van der Waals surface area contributed by atoms with E-state index in [1.54, 1.807) is 25.6 Å². The lowest BCUT2D eigenvalue weighted by atomic mass is 10.0. The summed E-state index contributed by atoms with van der Waals surface area (Å²) in [4.78, 5) is 18.4. The topological polar surface area (TPSA) is 54.5 Å². The molecule has 104 valence electrons. The average Bonchev–Trinajstić information content (AvgIpc) is 2.47. The van der Waals surface area contributed by atoms with Crippen LogP contribution in [0.15, 0.2) is 18.5 Å². The van der Waals surface area contributed by atoms with E-state index >= 15 is 0 Å². The van der Waals surface area contributed by atoms with Gasteiger partial charge in [0.2, 0.25) is 0 Å². The minimum atomic E-state index is 0.0295. The van der Waals surface area contributed by atoms with Crippen molar-refractivity contribution in [2.75, 3.05) is 26.7 Å². The van der Waals surface area contributed by atoms with E-state index in [9.17, 15) is 4.79 Å². The molecule has 1 aromatic heterocycles. The second-order valence-corrected chi connectivity index (χ2v) is 4.72. The maximum Gasteiger partial charge on any atom is 0.257 e. The van der Waals surface area contributed by atoms with E-state index in [1.807, 2.05) is 4.90 Å². The highest BCUT2D eigenvalue weighted by atomic mass is 16.5. The van der Waals surface area contributed by atoms with Gasteiger partial charge in [-0.1, -0.05) is 6.92 Å². The molecule has 0 aromatic carbocycles. The number of piperidine rings is 1. The fourth-order valence-electron chi connectivity index (χ4n) is 2.51. The molecule has 1 aliphatic rings.